The molecule has 1 rings (SSSR count). The number of ether oxygens (including phenoxy) is 1. The van der Waals surface area contributed by atoms with Crippen LogP contribution in [0.15, 0.2) is 24.3 Å². The Morgan fingerprint density at radius 3 is 2.58 bits per heavy atom. The van der Waals surface area contributed by atoms with E-state index < -0.39 is 0 Å². The summed E-state index contributed by atoms with van der Waals surface area (Å²) in [6, 6.07) is 7.93. The van der Waals surface area contributed by atoms with Crippen molar-refractivity contribution in [2.45, 2.75) is 6.42 Å². The summed E-state index contributed by atoms with van der Waals surface area (Å²) in [6.07, 6.45) is 0.879. The van der Waals surface area contributed by atoms with Crippen LogP contribution in [0.2, 0.25) is 0 Å². The SMILES string of the molecule is COc1ccccc1CCN.Cl. The predicted molar refractivity (Wildman–Crippen MR) is 53.0 cm³/mol. The molecule has 0 unspecified atom stereocenters. The third kappa shape index (κ3) is 2.72. The molecule has 1 aromatic carbocycles. The summed E-state index contributed by atoms with van der Waals surface area (Å²) in [5.41, 5.74) is 6.61. The van der Waals surface area contributed by atoms with Crippen molar-refractivity contribution in [1.82, 2.24) is 0 Å². The molecule has 0 aliphatic heterocycles. The zero-order valence-corrected chi connectivity index (χ0v) is 7.93. The summed E-state index contributed by atoms with van der Waals surface area (Å²) < 4.78 is 5.14. The van der Waals surface area contributed by atoms with Crippen molar-refractivity contribution in [1.29, 1.82) is 0 Å². The quantitative estimate of drug-likeness (QED) is 0.781. The van der Waals surface area contributed by atoms with E-state index in [9.17, 15) is 0 Å². The molecule has 0 amide bonds. The van der Waals surface area contributed by atoms with Crippen LogP contribution in [0, 0.1) is 0 Å². The Labute approximate surface area is 79.1 Å². The third-order valence-corrected chi connectivity index (χ3v) is 1.61. The van der Waals surface area contributed by atoms with E-state index in [2.05, 4.69) is 0 Å². The first kappa shape index (κ1) is 11.3. The Kier molecular flexibility index (Phi) is 5.51. The molecule has 0 aromatic heterocycles. The first-order chi connectivity index (χ1) is 5.38. The number of hydrogen-bond donors (Lipinski definition) is 1. The van der Waals surface area contributed by atoms with Crippen LogP contribution < -0.4 is 10.5 Å². The van der Waals surface area contributed by atoms with E-state index in [1.165, 1.54) is 5.56 Å². The van der Waals surface area contributed by atoms with Crippen molar-refractivity contribution in [2.75, 3.05) is 13.7 Å². The lowest BCUT2D eigenvalue weighted by Gasteiger charge is -2.05. The molecule has 0 saturated heterocycles. The largest absolute Gasteiger partial charge is 0.496 e. The minimum Gasteiger partial charge on any atom is -0.496 e. The van der Waals surface area contributed by atoms with Gasteiger partial charge in [0.15, 0.2) is 0 Å². The van der Waals surface area contributed by atoms with Crippen LogP contribution in [-0.2, 0) is 6.42 Å². The van der Waals surface area contributed by atoms with Gasteiger partial charge in [-0.25, -0.2) is 0 Å². The van der Waals surface area contributed by atoms with Crippen molar-refractivity contribution in [3.63, 3.8) is 0 Å². The standard InChI is InChI=1S/C9H13NO.ClH/c1-11-9-5-3-2-4-8(9)6-7-10;/h2-5H,6-7,10H2,1H3;1H. The molecule has 2 nitrogen and oxygen atoms in total. The molecule has 0 saturated carbocycles. The average molecular weight is 188 g/mol. The second-order valence-corrected chi connectivity index (χ2v) is 2.35. The maximum atomic E-state index is 5.43. The molecular formula is C9H14ClNO. The summed E-state index contributed by atoms with van der Waals surface area (Å²) in [6.45, 7) is 0.667. The maximum Gasteiger partial charge on any atom is 0.122 e. The van der Waals surface area contributed by atoms with E-state index >= 15 is 0 Å². The highest BCUT2D eigenvalue weighted by molar-refractivity contribution is 5.85. The van der Waals surface area contributed by atoms with Crippen molar-refractivity contribution in [3.8, 4) is 5.75 Å². The highest BCUT2D eigenvalue weighted by Crippen LogP contribution is 2.16. The van der Waals surface area contributed by atoms with E-state index in [-0.39, 0.29) is 12.4 Å². The van der Waals surface area contributed by atoms with E-state index in [1.54, 1.807) is 7.11 Å². The number of rotatable bonds is 3. The number of halogens is 1. The third-order valence-electron chi connectivity index (χ3n) is 1.61. The van der Waals surface area contributed by atoms with Crippen molar-refractivity contribution < 1.29 is 4.74 Å². The Morgan fingerprint density at radius 1 is 1.33 bits per heavy atom. The number of nitrogens with two attached hydrogens (primary N) is 1. The minimum atomic E-state index is 0. The summed E-state index contributed by atoms with van der Waals surface area (Å²) in [5.74, 6) is 0.929. The molecule has 0 fully saturated rings. The summed E-state index contributed by atoms with van der Waals surface area (Å²) in [4.78, 5) is 0. The molecule has 0 atom stereocenters. The molecule has 0 radical (unpaired) electrons. The summed E-state index contributed by atoms with van der Waals surface area (Å²) in [5, 5.41) is 0. The van der Waals surface area contributed by atoms with Gasteiger partial charge in [0.25, 0.3) is 0 Å². The van der Waals surface area contributed by atoms with Crippen LogP contribution >= 0.6 is 12.4 Å². The van der Waals surface area contributed by atoms with Crippen LogP contribution in [0.1, 0.15) is 5.56 Å². The van der Waals surface area contributed by atoms with Crippen molar-refractivity contribution in [3.05, 3.63) is 29.8 Å². The van der Waals surface area contributed by atoms with Crippen LogP contribution in [0.3, 0.4) is 0 Å². The normalized spacial score (nSPS) is 8.83. The van der Waals surface area contributed by atoms with Gasteiger partial charge >= 0.3 is 0 Å². The highest BCUT2D eigenvalue weighted by atomic mass is 35.5. The van der Waals surface area contributed by atoms with Crippen molar-refractivity contribution >= 4 is 12.4 Å². The molecule has 0 aliphatic rings. The van der Waals surface area contributed by atoms with Crippen LogP contribution in [0.25, 0.3) is 0 Å². The number of benzene rings is 1. The maximum absolute atomic E-state index is 5.43. The Balaban J connectivity index is 0.00000121. The molecule has 0 bridgehead atoms. The Morgan fingerprint density at radius 2 is 2.00 bits per heavy atom. The van der Waals surface area contributed by atoms with Gasteiger partial charge in [0.05, 0.1) is 7.11 Å². The first-order valence-corrected chi connectivity index (χ1v) is 3.70. The lowest BCUT2D eigenvalue weighted by Crippen LogP contribution is -2.03. The van der Waals surface area contributed by atoms with Gasteiger partial charge in [-0.3, -0.25) is 0 Å². The topological polar surface area (TPSA) is 35.2 Å². The first-order valence-electron chi connectivity index (χ1n) is 3.70. The van der Waals surface area contributed by atoms with E-state index in [4.69, 9.17) is 10.5 Å². The molecule has 0 aliphatic carbocycles. The second kappa shape index (κ2) is 5.86. The van der Waals surface area contributed by atoms with Gasteiger partial charge < -0.3 is 10.5 Å². The van der Waals surface area contributed by atoms with Gasteiger partial charge in [0.1, 0.15) is 5.75 Å². The summed E-state index contributed by atoms with van der Waals surface area (Å²) >= 11 is 0. The van der Waals surface area contributed by atoms with E-state index in [0.29, 0.717) is 6.54 Å². The van der Waals surface area contributed by atoms with Gasteiger partial charge in [-0.2, -0.15) is 0 Å². The second-order valence-electron chi connectivity index (χ2n) is 2.35. The number of hydrogen-bond acceptors (Lipinski definition) is 2. The highest BCUT2D eigenvalue weighted by Gasteiger charge is 1.97. The fourth-order valence-corrected chi connectivity index (χ4v) is 1.07. The van der Waals surface area contributed by atoms with Gasteiger partial charge in [-0.15, -0.1) is 12.4 Å². The van der Waals surface area contributed by atoms with Crippen LogP contribution in [-0.4, -0.2) is 13.7 Å². The fourth-order valence-electron chi connectivity index (χ4n) is 1.07. The minimum absolute atomic E-state index is 0. The molecule has 68 valence electrons. The molecule has 3 heteroatoms. The monoisotopic (exact) mass is 187 g/mol. The van der Waals surface area contributed by atoms with E-state index in [0.717, 1.165) is 12.2 Å². The van der Waals surface area contributed by atoms with Crippen molar-refractivity contribution in [2.24, 2.45) is 5.73 Å². The Hall–Kier alpha value is -0.730. The molecule has 12 heavy (non-hydrogen) atoms. The van der Waals surface area contributed by atoms with Gasteiger partial charge in [-0.1, -0.05) is 18.2 Å². The number of methoxy groups -OCH3 is 1. The average Bonchev–Trinajstić information content (AvgIpc) is 2.06. The Bertz CT molecular complexity index is 228. The molecule has 0 heterocycles. The lowest BCUT2D eigenvalue weighted by molar-refractivity contribution is 0.410. The predicted octanol–water partition coefficient (Wildman–Crippen LogP) is 1.62. The molecule has 1 aromatic rings. The molecule has 0 spiro atoms. The van der Waals surface area contributed by atoms with Gasteiger partial charge in [0.2, 0.25) is 0 Å². The lowest BCUT2D eigenvalue weighted by atomic mass is 10.1. The fraction of sp³-hybridized carbons (Fsp3) is 0.333. The number of para-hydroxylation sites is 1. The zero-order chi connectivity index (χ0) is 8.10. The van der Waals surface area contributed by atoms with E-state index in [1.807, 2.05) is 24.3 Å². The zero-order valence-electron chi connectivity index (χ0n) is 7.12. The van der Waals surface area contributed by atoms with Crippen LogP contribution in [0.5, 0.6) is 5.75 Å². The van der Waals surface area contributed by atoms with Gasteiger partial charge in [-0.05, 0) is 24.6 Å². The summed E-state index contributed by atoms with van der Waals surface area (Å²) in [7, 11) is 1.68. The van der Waals surface area contributed by atoms with Crippen LogP contribution in [0.4, 0.5) is 0 Å². The van der Waals surface area contributed by atoms with Gasteiger partial charge in [0, 0.05) is 0 Å². The molecule has 2 N–H and O–H groups in total. The smallest absolute Gasteiger partial charge is 0.122 e. The molecular weight excluding hydrogens is 174 g/mol.